The average Bonchev–Trinajstić information content (AvgIpc) is 3.09. The van der Waals surface area contributed by atoms with E-state index in [2.05, 4.69) is 23.0 Å². The highest BCUT2D eigenvalue weighted by molar-refractivity contribution is 6.30. The Kier molecular flexibility index (Phi) is 7.66. The lowest BCUT2D eigenvalue weighted by molar-refractivity contribution is -0.134. The normalized spacial score (nSPS) is 16.6. The van der Waals surface area contributed by atoms with Crippen molar-refractivity contribution in [2.45, 2.75) is 18.9 Å². The number of hydrogen-bond acceptors (Lipinski definition) is 4. The maximum absolute atomic E-state index is 13.6. The molecule has 3 rings (SSSR count). The molecule has 0 aliphatic carbocycles. The molecule has 0 amide bonds. The number of carbonyl (C=O) groups is 2. The van der Waals surface area contributed by atoms with E-state index in [9.17, 15) is 14.0 Å². The lowest BCUT2D eigenvalue weighted by Crippen LogP contribution is -2.17. The van der Waals surface area contributed by atoms with Gasteiger partial charge in [0.1, 0.15) is 5.82 Å². The largest absolute Gasteiger partial charge is 0.478 e. The number of nitrogens with zero attached hydrogens (tertiary/aromatic N) is 2. The van der Waals surface area contributed by atoms with Gasteiger partial charge in [0.15, 0.2) is 0 Å². The molecule has 0 bridgehead atoms. The number of aliphatic carboxylic acids is 2. The van der Waals surface area contributed by atoms with Crippen LogP contribution < -0.4 is 0 Å². The summed E-state index contributed by atoms with van der Waals surface area (Å²) >= 11 is 5.72. The summed E-state index contributed by atoms with van der Waals surface area (Å²) in [5, 5.41) is 15.8. The van der Waals surface area contributed by atoms with Gasteiger partial charge in [0, 0.05) is 36.2 Å². The van der Waals surface area contributed by atoms with Crippen molar-refractivity contribution in [3.63, 3.8) is 0 Å². The Balaban J connectivity index is 0.000000300. The fourth-order valence-corrected chi connectivity index (χ4v) is 3.07. The Bertz CT molecular complexity index is 872. The van der Waals surface area contributed by atoms with Crippen molar-refractivity contribution in [3.8, 4) is 11.1 Å². The Morgan fingerprint density at radius 2 is 1.86 bits per heavy atom. The zero-order valence-corrected chi connectivity index (χ0v) is 15.9. The van der Waals surface area contributed by atoms with Crippen LogP contribution in [-0.2, 0) is 9.59 Å². The number of rotatable bonds is 4. The average molecular weight is 407 g/mol. The number of pyridine rings is 1. The van der Waals surface area contributed by atoms with Gasteiger partial charge in [-0.25, -0.2) is 14.0 Å². The predicted molar refractivity (Wildman–Crippen MR) is 104 cm³/mol. The van der Waals surface area contributed by atoms with Crippen LogP contribution in [0.5, 0.6) is 0 Å². The van der Waals surface area contributed by atoms with Crippen molar-refractivity contribution in [3.05, 3.63) is 65.2 Å². The molecule has 0 radical (unpaired) electrons. The minimum absolute atomic E-state index is 0.147. The molecular formula is C20H20ClFN2O4. The van der Waals surface area contributed by atoms with Crippen molar-refractivity contribution >= 4 is 23.5 Å². The molecule has 0 saturated carbocycles. The first-order valence-corrected chi connectivity index (χ1v) is 8.90. The van der Waals surface area contributed by atoms with Crippen molar-refractivity contribution in [2.75, 3.05) is 13.6 Å². The summed E-state index contributed by atoms with van der Waals surface area (Å²) in [6, 6.07) is 7.38. The van der Waals surface area contributed by atoms with Crippen LogP contribution in [0, 0.1) is 5.82 Å². The molecule has 2 N–H and O–H groups in total. The van der Waals surface area contributed by atoms with Crippen LogP contribution in [0.25, 0.3) is 11.1 Å². The summed E-state index contributed by atoms with van der Waals surface area (Å²) in [4.78, 5) is 25.8. The fraction of sp³-hybridized carbons (Fsp3) is 0.250. The van der Waals surface area contributed by atoms with Crippen LogP contribution in [0.2, 0.25) is 5.02 Å². The van der Waals surface area contributed by atoms with Gasteiger partial charge in [-0.3, -0.25) is 9.88 Å². The van der Waals surface area contributed by atoms with Gasteiger partial charge >= 0.3 is 11.9 Å². The summed E-state index contributed by atoms with van der Waals surface area (Å²) in [6.45, 7) is 1.12. The number of benzene rings is 1. The number of aromatic nitrogens is 1. The van der Waals surface area contributed by atoms with Crippen LogP contribution in [-0.4, -0.2) is 45.6 Å². The van der Waals surface area contributed by atoms with E-state index < -0.39 is 17.8 Å². The predicted octanol–water partition coefficient (Wildman–Crippen LogP) is 4.02. The van der Waals surface area contributed by atoms with E-state index in [0.717, 1.165) is 24.1 Å². The van der Waals surface area contributed by atoms with Crippen LogP contribution >= 0.6 is 11.6 Å². The van der Waals surface area contributed by atoms with Gasteiger partial charge in [0.25, 0.3) is 0 Å². The minimum atomic E-state index is -1.26. The third-order valence-electron chi connectivity index (χ3n) is 4.29. The highest BCUT2D eigenvalue weighted by atomic mass is 35.5. The van der Waals surface area contributed by atoms with E-state index in [0.29, 0.717) is 18.2 Å². The zero-order chi connectivity index (χ0) is 20.7. The molecule has 1 unspecified atom stereocenters. The van der Waals surface area contributed by atoms with Crippen LogP contribution in [0.4, 0.5) is 4.39 Å². The molecule has 28 heavy (non-hydrogen) atoms. The molecule has 1 aromatic heterocycles. The van der Waals surface area contributed by atoms with Gasteiger partial charge in [0.2, 0.25) is 0 Å². The number of halogens is 2. The van der Waals surface area contributed by atoms with Crippen LogP contribution in [0.15, 0.2) is 48.8 Å². The Hall–Kier alpha value is -2.77. The van der Waals surface area contributed by atoms with Crippen molar-refractivity contribution < 1.29 is 24.2 Å². The molecule has 2 heterocycles. The first-order chi connectivity index (χ1) is 13.3. The molecule has 1 aliphatic heterocycles. The number of hydrogen-bond donors (Lipinski definition) is 2. The number of carboxylic acid groups (broad SMARTS) is 2. The molecule has 8 heteroatoms. The second-order valence-electron chi connectivity index (χ2n) is 6.28. The summed E-state index contributed by atoms with van der Waals surface area (Å²) in [6.07, 6.45) is 7.14. The van der Waals surface area contributed by atoms with Crippen molar-refractivity contribution in [1.82, 2.24) is 9.88 Å². The number of carboxylic acids is 2. The second-order valence-corrected chi connectivity index (χ2v) is 6.69. The van der Waals surface area contributed by atoms with Gasteiger partial charge in [-0.1, -0.05) is 17.7 Å². The summed E-state index contributed by atoms with van der Waals surface area (Å²) in [5.41, 5.74) is 2.93. The fourth-order valence-electron chi connectivity index (χ4n) is 2.95. The molecule has 1 fully saturated rings. The highest BCUT2D eigenvalue weighted by Crippen LogP contribution is 2.32. The maximum Gasteiger partial charge on any atom is 0.328 e. The topological polar surface area (TPSA) is 90.7 Å². The molecular weight excluding hydrogens is 387 g/mol. The Morgan fingerprint density at radius 1 is 1.18 bits per heavy atom. The zero-order valence-electron chi connectivity index (χ0n) is 15.2. The quantitative estimate of drug-likeness (QED) is 0.745. The van der Waals surface area contributed by atoms with Crippen molar-refractivity contribution in [2.24, 2.45) is 0 Å². The smallest absolute Gasteiger partial charge is 0.328 e. The molecule has 6 nitrogen and oxygen atoms in total. The summed E-state index contributed by atoms with van der Waals surface area (Å²) < 4.78 is 13.6. The lowest BCUT2D eigenvalue weighted by Gasteiger charge is -2.20. The second kappa shape index (κ2) is 9.96. The third-order valence-corrected chi connectivity index (χ3v) is 4.59. The Morgan fingerprint density at radius 3 is 2.39 bits per heavy atom. The summed E-state index contributed by atoms with van der Waals surface area (Å²) in [5.74, 6) is -2.91. The molecule has 1 atom stereocenters. The van der Waals surface area contributed by atoms with E-state index in [4.69, 9.17) is 21.8 Å². The van der Waals surface area contributed by atoms with Gasteiger partial charge in [-0.05, 0) is 55.8 Å². The van der Waals surface area contributed by atoms with Gasteiger partial charge in [-0.15, -0.1) is 0 Å². The first-order valence-electron chi connectivity index (χ1n) is 8.52. The molecule has 1 saturated heterocycles. The van der Waals surface area contributed by atoms with E-state index in [-0.39, 0.29) is 5.02 Å². The van der Waals surface area contributed by atoms with E-state index >= 15 is 0 Å². The minimum Gasteiger partial charge on any atom is -0.478 e. The monoisotopic (exact) mass is 406 g/mol. The van der Waals surface area contributed by atoms with Crippen molar-refractivity contribution in [1.29, 1.82) is 0 Å². The van der Waals surface area contributed by atoms with Crippen LogP contribution in [0.3, 0.4) is 0 Å². The van der Waals surface area contributed by atoms with E-state index in [1.165, 1.54) is 18.1 Å². The lowest BCUT2D eigenvalue weighted by atomic mass is 10.0. The Labute approximate surface area is 166 Å². The maximum atomic E-state index is 13.6. The first kappa shape index (κ1) is 21.5. The highest BCUT2D eigenvalue weighted by Gasteiger charge is 2.23. The summed E-state index contributed by atoms with van der Waals surface area (Å²) in [7, 11) is 2.13. The number of likely N-dealkylation sites (tertiary alicyclic amines) is 1. The van der Waals surface area contributed by atoms with Crippen LogP contribution in [0.1, 0.15) is 24.4 Å². The molecule has 1 aliphatic rings. The molecule has 2 aromatic rings. The van der Waals surface area contributed by atoms with E-state index in [1.54, 1.807) is 12.3 Å². The standard InChI is InChI=1S/C16H16ClFN2.C4H4O4/c1-20-6-2-3-16(20)13-7-12(9-19-10-13)11-4-5-14(17)15(18)8-11;5-3(6)1-2-4(7)8/h4-5,7-10,16H,2-3,6H2,1H3;1-2H,(H,5,6)(H,7,8). The van der Waals surface area contributed by atoms with Gasteiger partial charge in [0.05, 0.1) is 5.02 Å². The van der Waals surface area contributed by atoms with Gasteiger partial charge < -0.3 is 10.2 Å². The molecule has 148 valence electrons. The molecule has 0 spiro atoms. The third kappa shape index (κ3) is 6.14. The van der Waals surface area contributed by atoms with E-state index in [1.807, 2.05) is 12.3 Å². The molecule has 1 aromatic carbocycles. The SMILES string of the molecule is CN1CCCC1c1cncc(-c2ccc(Cl)c(F)c2)c1.O=C(O)C=CC(=O)O. The van der Waals surface area contributed by atoms with Gasteiger partial charge in [-0.2, -0.15) is 0 Å².